The molecule has 0 aromatic heterocycles. The summed E-state index contributed by atoms with van der Waals surface area (Å²) in [7, 11) is 0. The topological polar surface area (TPSA) is 86.7 Å². The summed E-state index contributed by atoms with van der Waals surface area (Å²) in [4.78, 5) is 41.7. The van der Waals surface area contributed by atoms with Gasteiger partial charge in [0.1, 0.15) is 5.54 Å². The van der Waals surface area contributed by atoms with Gasteiger partial charge in [-0.05, 0) is 35.4 Å². The molecule has 178 valence electrons. The Kier molecular flexibility index (Phi) is 5.80. The van der Waals surface area contributed by atoms with Crippen LogP contribution in [0.4, 0.5) is 0 Å². The number of nitrogens with one attached hydrogen (secondary N) is 1. The molecule has 2 aromatic carbocycles. The van der Waals surface area contributed by atoms with Crippen molar-refractivity contribution in [3.8, 4) is 11.1 Å². The molecular weight excluding hydrogens is 428 g/mol. The molecule has 4 atom stereocenters. The maximum Gasteiger partial charge on any atom is 0.325 e. The Morgan fingerprint density at radius 3 is 2.15 bits per heavy atom. The first-order valence-electron chi connectivity index (χ1n) is 12.4. The number of rotatable bonds is 5. The van der Waals surface area contributed by atoms with Crippen LogP contribution >= 0.6 is 0 Å². The van der Waals surface area contributed by atoms with Gasteiger partial charge in [-0.25, -0.2) is 0 Å². The number of carboxylic acid groups (broad SMARTS) is 1. The van der Waals surface area contributed by atoms with E-state index in [1.807, 2.05) is 68.4 Å². The highest BCUT2D eigenvalue weighted by Crippen LogP contribution is 2.52. The van der Waals surface area contributed by atoms with Gasteiger partial charge in [-0.1, -0.05) is 87.7 Å². The molecule has 1 aliphatic carbocycles. The van der Waals surface area contributed by atoms with Crippen molar-refractivity contribution in [2.45, 2.75) is 63.6 Å². The molecule has 0 spiro atoms. The van der Waals surface area contributed by atoms with Crippen molar-refractivity contribution in [3.05, 3.63) is 60.2 Å². The quantitative estimate of drug-likeness (QED) is 0.646. The second-order valence-corrected chi connectivity index (χ2v) is 10.3. The predicted molar refractivity (Wildman–Crippen MR) is 129 cm³/mol. The number of nitrogens with zero attached hydrogens (tertiary/aromatic N) is 1. The molecule has 5 rings (SSSR count). The Morgan fingerprint density at radius 1 is 0.941 bits per heavy atom. The van der Waals surface area contributed by atoms with E-state index in [2.05, 4.69) is 5.32 Å². The molecule has 4 unspecified atom stereocenters. The number of carboxylic acids is 1. The van der Waals surface area contributed by atoms with Crippen molar-refractivity contribution in [2.75, 3.05) is 0 Å². The van der Waals surface area contributed by atoms with E-state index in [0.29, 0.717) is 0 Å². The van der Waals surface area contributed by atoms with E-state index >= 15 is 0 Å². The molecule has 0 radical (unpaired) electrons. The molecule has 1 saturated carbocycles. The number of benzene rings is 2. The number of imide groups is 1. The van der Waals surface area contributed by atoms with Crippen LogP contribution in [0.25, 0.3) is 11.1 Å². The predicted octanol–water partition coefficient (Wildman–Crippen LogP) is 4.41. The van der Waals surface area contributed by atoms with Crippen LogP contribution in [0.2, 0.25) is 0 Å². The van der Waals surface area contributed by atoms with Crippen LogP contribution in [0.3, 0.4) is 0 Å². The van der Waals surface area contributed by atoms with Crippen LogP contribution < -0.4 is 5.32 Å². The first-order chi connectivity index (χ1) is 16.4. The van der Waals surface area contributed by atoms with Crippen molar-refractivity contribution in [3.63, 3.8) is 0 Å². The SMILES string of the molecule is CC(C)C1(C(=O)O)NC(c2ccc(-c3ccccc3)cc2)C2C(=O)N(C3CCCCC3)C(=O)C21. The van der Waals surface area contributed by atoms with Crippen LogP contribution in [0.15, 0.2) is 54.6 Å². The number of likely N-dealkylation sites (tertiary alicyclic amines) is 1. The van der Waals surface area contributed by atoms with Gasteiger partial charge in [-0.15, -0.1) is 0 Å². The summed E-state index contributed by atoms with van der Waals surface area (Å²) in [5.41, 5.74) is 1.49. The number of amides is 2. The fourth-order valence-electron chi connectivity index (χ4n) is 6.44. The van der Waals surface area contributed by atoms with Crippen molar-refractivity contribution in [2.24, 2.45) is 17.8 Å². The van der Waals surface area contributed by atoms with Gasteiger partial charge in [0.25, 0.3) is 0 Å². The van der Waals surface area contributed by atoms with Crippen LogP contribution in [0.5, 0.6) is 0 Å². The van der Waals surface area contributed by atoms with E-state index in [-0.39, 0.29) is 23.8 Å². The summed E-state index contributed by atoms with van der Waals surface area (Å²) in [5, 5.41) is 13.7. The molecule has 6 heteroatoms. The standard InChI is InChI=1S/C28H32N2O4/c1-17(2)28(27(33)34)23-22(25(31)30(26(23)32)21-11-7-4-8-12-21)24(29-28)20-15-13-19(14-16-20)18-9-5-3-6-10-18/h3,5-6,9-10,13-17,21-24,29H,4,7-8,11-12H2,1-2H3,(H,33,34). The third kappa shape index (κ3) is 3.38. The molecule has 2 N–H and O–H groups in total. The Morgan fingerprint density at radius 2 is 1.56 bits per heavy atom. The molecule has 3 aliphatic rings. The Labute approximate surface area is 200 Å². The first-order valence-corrected chi connectivity index (χ1v) is 12.4. The van der Waals surface area contributed by atoms with Gasteiger partial charge >= 0.3 is 5.97 Å². The van der Waals surface area contributed by atoms with Crippen molar-refractivity contribution >= 4 is 17.8 Å². The molecule has 6 nitrogen and oxygen atoms in total. The molecule has 2 aliphatic heterocycles. The lowest BCUT2D eigenvalue weighted by molar-refractivity contribution is -0.154. The van der Waals surface area contributed by atoms with Crippen LogP contribution in [-0.4, -0.2) is 39.4 Å². The Balaban J connectivity index is 1.55. The smallest absolute Gasteiger partial charge is 0.325 e. The fraction of sp³-hybridized carbons (Fsp3) is 0.464. The number of carbonyl (C=O) groups is 3. The molecule has 0 bridgehead atoms. The van der Waals surface area contributed by atoms with Gasteiger partial charge in [0.2, 0.25) is 11.8 Å². The highest BCUT2D eigenvalue weighted by Gasteiger charge is 2.70. The van der Waals surface area contributed by atoms with Gasteiger partial charge in [-0.2, -0.15) is 0 Å². The van der Waals surface area contributed by atoms with Gasteiger partial charge < -0.3 is 5.11 Å². The third-order valence-corrected chi connectivity index (χ3v) is 8.21. The zero-order valence-corrected chi connectivity index (χ0v) is 19.7. The molecular formula is C28H32N2O4. The van der Waals surface area contributed by atoms with Gasteiger partial charge in [0.05, 0.1) is 11.8 Å². The zero-order valence-electron chi connectivity index (χ0n) is 19.7. The van der Waals surface area contributed by atoms with Gasteiger partial charge in [-0.3, -0.25) is 24.6 Å². The molecule has 34 heavy (non-hydrogen) atoms. The largest absolute Gasteiger partial charge is 0.480 e. The van der Waals surface area contributed by atoms with Crippen molar-refractivity contribution in [1.29, 1.82) is 0 Å². The molecule has 2 heterocycles. The Hall–Kier alpha value is -2.99. The Bertz CT molecular complexity index is 1090. The van der Waals surface area contributed by atoms with Gasteiger partial charge in [0.15, 0.2) is 0 Å². The average Bonchev–Trinajstić information content (AvgIpc) is 3.35. The van der Waals surface area contributed by atoms with Crippen molar-refractivity contribution < 1.29 is 19.5 Å². The summed E-state index contributed by atoms with van der Waals surface area (Å²) in [6.07, 6.45) is 4.72. The fourth-order valence-corrected chi connectivity index (χ4v) is 6.44. The number of hydrogen-bond donors (Lipinski definition) is 2. The minimum absolute atomic E-state index is 0.112. The monoisotopic (exact) mass is 460 g/mol. The normalized spacial score (nSPS) is 29.6. The average molecular weight is 461 g/mol. The highest BCUT2D eigenvalue weighted by atomic mass is 16.4. The lowest BCUT2D eigenvalue weighted by Crippen LogP contribution is -2.59. The molecule has 2 saturated heterocycles. The summed E-state index contributed by atoms with van der Waals surface area (Å²) in [5.74, 6) is -3.57. The van der Waals surface area contributed by atoms with Crippen LogP contribution in [0.1, 0.15) is 57.6 Å². The minimum atomic E-state index is -1.48. The lowest BCUT2D eigenvalue weighted by Gasteiger charge is -2.36. The number of aliphatic carboxylic acids is 1. The minimum Gasteiger partial charge on any atom is -0.480 e. The summed E-state index contributed by atoms with van der Waals surface area (Å²) in [6, 6.07) is 17.3. The van der Waals surface area contributed by atoms with Crippen molar-refractivity contribution in [1.82, 2.24) is 10.2 Å². The number of fused-ring (bicyclic) bond motifs is 1. The maximum atomic E-state index is 13.8. The van der Waals surface area contributed by atoms with E-state index in [1.165, 1.54) is 4.90 Å². The van der Waals surface area contributed by atoms with E-state index in [1.54, 1.807) is 0 Å². The van der Waals surface area contributed by atoms with E-state index in [0.717, 1.165) is 48.8 Å². The van der Waals surface area contributed by atoms with Gasteiger partial charge in [0, 0.05) is 12.1 Å². The summed E-state index contributed by atoms with van der Waals surface area (Å²) < 4.78 is 0. The van der Waals surface area contributed by atoms with Crippen LogP contribution in [0, 0.1) is 17.8 Å². The maximum absolute atomic E-state index is 13.8. The zero-order chi connectivity index (χ0) is 24.0. The molecule has 2 aromatic rings. The second kappa shape index (κ2) is 8.66. The van der Waals surface area contributed by atoms with E-state index in [9.17, 15) is 19.5 Å². The number of hydrogen-bond acceptors (Lipinski definition) is 4. The molecule has 2 amide bonds. The third-order valence-electron chi connectivity index (χ3n) is 8.21. The summed E-state index contributed by atoms with van der Waals surface area (Å²) in [6.45, 7) is 3.64. The van der Waals surface area contributed by atoms with Crippen LogP contribution in [-0.2, 0) is 14.4 Å². The lowest BCUT2D eigenvalue weighted by atomic mass is 9.73. The number of carbonyl (C=O) groups excluding carboxylic acids is 2. The van der Waals surface area contributed by atoms with E-state index < -0.39 is 29.4 Å². The molecule has 3 fully saturated rings. The first kappa shape index (κ1) is 22.8. The summed E-state index contributed by atoms with van der Waals surface area (Å²) >= 11 is 0. The second-order valence-electron chi connectivity index (χ2n) is 10.3. The highest BCUT2D eigenvalue weighted by molar-refractivity contribution is 6.09. The van der Waals surface area contributed by atoms with E-state index in [4.69, 9.17) is 0 Å².